The van der Waals surface area contributed by atoms with E-state index < -0.39 is 0 Å². The largest absolute Gasteiger partial charge is 0.493 e. The summed E-state index contributed by atoms with van der Waals surface area (Å²) in [6, 6.07) is 17.9. The Morgan fingerprint density at radius 2 is 0.833 bits per heavy atom. The molecule has 0 radical (unpaired) electrons. The zero-order valence-electron chi connectivity index (χ0n) is 39.7. The summed E-state index contributed by atoms with van der Waals surface area (Å²) in [5.41, 5.74) is 21.6. The molecule has 0 N–H and O–H groups in total. The van der Waals surface area contributed by atoms with Gasteiger partial charge in [-0.1, -0.05) is 96.9 Å². The Morgan fingerprint density at radius 1 is 0.417 bits per heavy atom. The number of benzene rings is 2. The molecule has 1 heterocycles. The minimum atomic E-state index is 1.00. The van der Waals surface area contributed by atoms with Crippen LogP contribution in [0.3, 0.4) is 0 Å². The Labute approximate surface area is 378 Å². The number of allylic oxidation sites excluding steroid dienone is 2. The van der Waals surface area contributed by atoms with Gasteiger partial charge in [0.1, 0.15) is 0 Å². The van der Waals surface area contributed by atoms with Gasteiger partial charge in [-0.3, -0.25) is 0 Å². The van der Waals surface area contributed by atoms with Crippen molar-refractivity contribution in [1.29, 1.82) is 0 Å². The van der Waals surface area contributed by atoms with Gasteiger partial charge in [0.15, 0.2) is 0 Å². The van der Waals surface area contributed by atoms with Crippen LogP contribution in [0.2, 0.25) is 0 Å². The van der Waals surface area contributed by atoms with Crippen LogP contribution >= 0.6 is 0 Å². The molecule has 0 spiro atoms. The molecular weight excluding hydrogens is 771 g/mol. The van der Waals surface area contributed by atoms with E-state index in [2.05, 4.69) is 112 Å². The molecule has 0 saturated heterocycles. The van der Waals surface area contributed by atoms with Gasteiger partial charge in [0.2, 0.25) is 11.4 Å². The van der Waals surface area contributed by atoms with E-state index in [1.807, 2.05) is 0 Å². The number of rotatable bonds is 31. The molecule has 2 aromatic rings. The first-order chi connectivity index (χ1) is 29.6. The van der Waals surface area contributed by atoms with Gasteiger partial charge in [-0.2, -0.15) is 0 Å². The zero-order valence-corrected chi connectivity index (χ0v) is 40.7. The predicted molar refractivity (Wildman–Crippen MR) is 261 cm³/mol. The van der Waals surface area contributed by atoms with Gasteiger partial charge >= 0.3 is 153 Å². The maximum Gasteiger partial charge on any atom is 0.211 e. The number of hydrogen-bond donors (Lipinski definition) is 0. The average Bonchev–Trinajstić information content (AvgIpc) is 3.55. The Bertz CT molecular complexity index is 1570. The molecule has 2 nitrogen and oxygen atoms in total. The van der Waals surface area contributed by atoms with Gasteiger partial charge in [0.25, 0.3) is 0 Å². The van der Waals surface area contributed by atoms with Crippen molar-refractivity contribution in [2.45, 2.75) is 241 Å². The van der Waals surface area contributed by atoms with Gasteiger partial charge in [-0.05, 0) is 86.8 Å². The van der Waals surface area contributed by atoms with Crippen molar-refractivity contribution in [2.75, 3.05) is 0 Å². The number of unbranched alkanes of at least 4 members (excludes halogenated alkanes) is 21. The molecule has 3 rings (SSSR count). The molecule has 0 atom stereocenters. The molecule has 336 valence electrons. The molecule has 0 aromatic heterocycles. The van der Waals surface area contributed by atoms with Crippen LogP contribution in [0.4, 0.5) is 0 Å². The fourth-order valence-corrected chi connectivity index (χ4v) is 8.51. The summed E-state index contributed by atoms with van der Waals surface area (Å²) in [5, 5.41) is 0. The first-order valence-electron chi connectivity index (χ1n) is 25.2. The molecule has 0 aliphatic carbocycles. The van der Waals surface area contributed by atoms with Crippen molar-refractivity contribution < 1.29 is 19.1 Å². The van der Waals surface area contributed by atoms with E-state index in [9.17, 15) is 5.53 Å². The Kier molecular flexibility index (Phi) is 32.6. The maximum absolute atomic E-state index is 11.8. The number of nitrogens with zero attached hydrogens (tertiary/aromatic N) is 2. The molecular formula is C57H88N2Ni. The minimum absolute atomic E-state index is 1.00. The second-order valence-electron chi connectivity index (χ2n) is 17.2. The third-order valence-electron chi connectivity index (χ3n) is 11.7. The van der Waals surface area contributed by atoms with Crippen molar-refractivity contribution in [3.05, 3.63) is 87.5 Å². The van der Waals surface area contributed by atoms with Crippen LogP contribution < -0.4 is 0 Å². The van der Waals surface area contributed by atoms with Crippen molar-refractivity contribution >= 4 is 11.4 Å². The van der Waals surface area contributed by atoms with E-state index in [1.165, 1.54) is 184 Å². The van der Waals surface area contributed by atoms with E-state index >= 15 is 0 Å². The summed E-state index contributed by atoms with van der Waals surface area (Å²) >= 11 is 1.30. The number of aryl methyl sites for hydroxylation is 2. The van der Waals surface area contributed by atoms with Crippen molar-refractivity contribution in [1.82, 2.24) is 0 Å². The molecule has 0 amide bonds. The van der Waals surface area contributed by atoms with Crippen LogP contribution in [0, 0.1) is 21.6 Å². The zero-order chi connectivity index (χ0) is 43.3. The van der Waals surface area contributed by atoms with Gasteiger partial charge in [0, 0.05) is 22.3 Å². The van der Waals surface area contributed by atoms with Crippen LogP contribution in [0.15, 0.2) is 59.7 Å². The summed E-state index contributed by atoms with van der Waals surface area (Å²) in [6.45, 7) is 13.6. The number of hydrogen-bond acceptors (Lipinski definition) is 0. The van der Waals surface area contributed by atoms with E-state index in [4.69, 9.17) is 0 Å². The Hall–Kier alpha value is -2.87. The van der Waals surface area contributed by atoms with Crippen molar-refractivity contribution in [3.8, 4) is 21.6 Å². The fourth-order valence-electron chi connectivity index (χ4n) is 8.03. The van der Waals surface area contributed by atoms with Crippen molar-refractivity contribution in [2.24, 2.45) is 0 Å². The van der Waals surface area contributed by atoms with Crippen LogP contribution in [-0.2, 0) is 27.3 Å². The van der Waals surface area contributed by atoms with Crippen molar-refractivity contribution in [3.63, 3.8) is 0 Å². The van der Waals surface area contributed by atoms with Gasteiger partial charge < -0.3 is 5.53 Å². The summed E-state index contributed by atoms with van der Waals surface area (Å²) < 4.78 is 1.55. The Morgan fingerprint density at radius 3 is 1.38 bits per heavy atom. The molecule has 1 aliphatic heterocycles. The van der Waals surface area contributed by atoms with Crippen LogP contribution in [0.1, 0.15) is 250 Å². The fraction of sp³-hybridized carbons (Fsp3) is 0.649. The quantitative estimate of drug-likeness (QED) is 0.0312. The minimum Gasteiger partial charge on any atom is -0.493 e. The van der Waals surface area contributed by atoms with E-state index in [0.29, 0.717) is 0 Å². The molecule has 0 saturated carbocycles. The monoisotopic (exact) mass is 859 g/mol. The topological polar surface area (TPSA) is 25.3 Å². The molecule has 2 aromatic carbocycles. The summed E-state index contributed by atoms with van der Waals surface area (Å²) in [4.78, 5) is 6.27. The third-order valence-corrected chi connectivity index (χ3v) is 12.3. The second kappa shape index (κ2) is 36.8. The second-order valence-corrected chi connectivity index (χ2v) is 17.9. The van der Waals surface area contributed by atoms with E-state index in [1.54, 1.807) is 4.70 Å². The summed E-state index contributed by atoms with van der Waals surface area (Å²) in [6.07, 6.45) is 38.9. The molecule has 0 fully saturated rings. The molecule has 1 aliphatic rings. The molecule has 60 heavy (non-hydrogen) atoms. The summed E-state index contributed by atoms with van der Waals surface area (Å²) in [7, 11) is 0. The predicted octanol–water partition coefficient (Wildman–Crippen LogP) is 18.4. The average molecular weight is 860 g/mol. The van der Waals surface area contributed by atoms with Gasteiger partial charge in [0.05, 0.1) is 0 Å². The molecule has 0 unspecified atom stereocenters. The standard InChI is InChI=1S/C35H50N2.2C11H19.Ni/c1-5-9-13-15-18-29-19-16-20-31(27-29)35-33(22-14-10-6-2)32(21-12-8-4)34(37(35)36)30-25-23-28(24-26-30)17-11-7-3;2*1-3-5-7-9-11-10-8-6-4-2;/h16,19-20,23-27H,5-15,17-18,21-22H2,1-4H3;2*3,5-11H2,1H3;. The van der Waals surface area contributed by atoms with Crippen LogP contribution in [0.25, 0.3) is 16.9 Å². The van der Waals surface area contributed by atoms with E-state index in [-0.39, 0.29) is 0 Å². The molecule has 0 bridgehead atoms. The third kappa shape index (κ3) is 22.8. The SMILES string of the molecule is CCCCCCCCCC#[C][Ni][C]#CCCCCCCCCC.CCCCCCc1cccc(C2=C(CCCCC)C(CCCC)=C(c3ccc(CCCC)cc3)[N+]2=[N-])c1. The van der Waals surface area contributed by atoms with Crippen LogP contribution in [-0.4, -0.2) is 4.70 Å². The first-order valence-corrected chi connectivity index (χ1v) is 26.2. The smallest absolute Gasteiger partial charge is 0.211 e. The summed E-state index contributed by atoms with van der Waals surface area (Å²) in [5.74, 6) is 6.48. The Balaban J connectivity index is 0.000000466. The van der Waals surface area contributed by atoms with Crippen LogP contribution in [0.5, 0.6) is 0 Å². The van der Waals surface area contributed by atoms with Gasteiger partial charge in [-0.15, -0.1) is 0 Å². The molecule has 3 heteroatoms. The van der Waals surface area contributed by atoms with Gasteiger partial charge in [-0.25, -0.2) is 4.70 Å². The van der Waals surface area contributed by atoms with E-state index in [0.717, 1.165) is 73.9 Å². The maximum atomic E-state index is 11.8. The normalized spacial score (nSPS) is 12.3. The first kappa shape index (κ1) is 53.3.